The Hall–Kier alpha value is -0.520. The lowest BCUT2D eigenvalue weighted by molar-refractivity contribution is 0.694. The second kappa shape index (κ2) is 12.0. The molecule has 0 aliphatic rings. The zero-order valence-corrected chi connectivity index (χ0v) is 12.5. The summed E-state index contributed by atoms with van der Waals surface area (Å²) in [7, 11) is 0. The molecule has 0 heteroatoms. The van der Waals surface area contributed by atoms with Crippen molar-refractivity contribution in [2.75, 3.05) is 0 Å². The molecule has 0 atom stereocenters. The summed E-state index contributed by atoms with van der Waals surface area (Å²) in [5.41, 5.74) is 3.11. The third-order valence-corrected chi connectivity index (χ3v) is 3.11. The molecule has 0 spiro atoms. The standard InChI is InChI=1S/C17H32/c1-5-7-9-11-13-17(12-10-8-6-2)15-14-16(3)4/h13-14H,5-12,15H2,1-4H3/b17-13+. The average Bonchev–Trinajstić information content (AvgIpc) is 2.30. The van der Waals surface area contributed by atoms with Gasteiger partial charge in [0.2, 0.25) is 0 Å². The van der Waals surface area contributed by atoms with Crippen molar-refractivity contribution in [3.63, 3.8) is 0 Å². The van der Waals surface area contributed by atoms with E-state index < -0.39 is 0 Å². The van der Waals surface area contributed by atoms with Crippen molar-refractivity contribution in [1.29, 1.82) is 0 Å². The highest BCUT2D eigenvalue weighted by Gasteiger charge is 1.96. The zero-order chi connectivity index (χ0) is 12.9. The van der Waals surface area contributed by atoms with Crippen molar-refractivity contribution in [3.05, 3.63) is 23.3 Å². The van der Waals surface area contributed by atoms with Crippen LogP contribution in [0.4, 0.5) is 0 Å². The Morgan fingerprint density at radius 1 is 0.824 bits per heavy atom. The van der Waals surface area contributed by atoms with Gasteiger partial charge in [0.05, 0.1) is 0 Å². The lowest BCUT2D eigenvalue weighted by atomic mass is 10.0. The molecule has 0 bridgehead atoms. The third kappa shape index (κ3) is 11.7. The van der Waals surface area contributed by atoms with Gasteiger partial charge in [-0.15, -0.1) is 0 Å². The third-order valence-electron chi connectivity index (χ3n) is 3.11. The summed E-state index contributed by atoms with van der Waals surface area (Å²) >= 11 is 0. The number of hydrogen-bond acceptors (Lipinski definition) is 0. The summed E-state index contributed by atoms with van der Waals surface area (Å²) in [4.78, 5) is 0. The van der Waals surface area contributed by atoms with Gasteiger partial charge < -0.3 is 0 Å². The fraction of sp³-hybridized carbons (Fsp3) is 0.765. The van der Waals surface area contributed by atoms with E-state index in [1.54, 1.807) is 5.57 Å². The number of allylic oxidation sites excluding steroid dienone is 4. The summed E-state index contributed by atoms with van der Waals surface area (Å²) in [5.74, 6) is 0. The van der Waals surface area contributed by atoms with Crippen LogP contribution in [-0.4, -0.2) is 0 Å². The summed E-state index contributed by atoms with van der Waals surface area (Å²) in [5, 5.41) is 0. The maximum Gasteiger partial charge on any atom is -0.0136 e. The van der Waals surface area contributed by atoms with Gasteiger partial charge in [0.25, 0.3) is 0 Å². The van der Waals surface area contributed by atoms with Crippen molar-refractivity contribution in [1.82, 2.24) is 0 Å². The minimum Gasteiger partial charge on any atom is -0.0850 e. The normalized spacial score (nSPS) is 11.6. The van der Waals surface area contributed by atoms with E-state index in [2.05, 4.69) is 39.8 Å². The van der Waals surface area contributed by atoms with Crippen LogP contribution in [0.5, 0.6) is 0 Å². The van der Waals surface area contributed by atoms with Crippen molar-refractivity contribution < 1.29 is 0 Å². The van der Waals surface area contributed by atoms with Crippen molar-refractivity contribution in [2.24, 2.45) is 0 Å². The topological polar surface area (TPSA) is 0 Å². The maximum atomic E-state index is 2.50. The first-order valence-corrected chi connectivity index (χ1v) is 7.52. The Bertz CT molecular complexity index is 216. The van der Waals surface area contributed by atoms with Gasteiger partial charge in [0, 0.05) is 0 Å². The molecule has 0 aliphatic heterocycles. The van der Waals surface area contributed by atoms with Crippen LogP contribution in [0.3, 0.4) is 0 Å². The highest BCUT2D eigenvalue weighted by Crippen LogP contribution is 2.16. The van der Waals surface area contributed by atoms with E-state index >= 15 is 0 Å². The fourth-order valence-corrected chi connectivity index (χ4v) is 1.93. The molecule has 0 nitrogen and oxygen atoms in total. The van der Waals surface area contributed by atoms with E-state index in [0.717, 1.165) is 0 Å². The summed E-state index contributed by atoms with van der Waals surface area (Å²) < 4.78 is 0. The lowest BCUT2D eigenvalue weighted by Crippen LogP contribution is -1.85. The van der Waals surface area contributed by atoms with Crippen molar-refractivity contribution in [2.45, 2.75) is 85.5 Å². The van der Waals surface area contributed by atoms with Gasteiger partial charge in [-0.3, -0.25) is 0 Å². The molecule has 0 aliphatic carbocycles. The smallest absolute Gasteiger partial charge is 0.0136 e. The fourth-order valence-electron chi connectivity index (χ4n) is 1.93. The Balaban J connectivity index is 4.03. The van der Waals surface area contributed by atoms with Crippen molar-refractivity contribution in [3.8, 4) is 0 Å². The molecule has 0 aromatic carbocycles. The summed E-state index contributed by atoms with van der Waals surface area (Å²) in [6.45, 7) is 8.94. The average molecular weight is 236 g/mol. The van der Waals surface area contributed by atoms with Crippen LogP contribution >= 0.6 is 0 Å². The van der Waals surface area contributed by atoms with Gasteiger partial charge in [-0.2, -0.15) is 0 Å². The van der Waals surface area contributed by atoms with E-state index in [0.29, 0.717) is 0 Å². The first-order valence-electron chi connectivity index (χ1n) is 7.52. The van der Waals surface area contributed by atoms with E-state index in [1.165, 1.54) is 63.4 Å². The first-order chi connectivity index (χ1) is 8.20. The predicted molar refractivity (Wildman–Crippen MR) is 80.4 cm³/mol. The quantitative estimate of drug-likeness (QED) is 0.303. The second-order valence-corrected chi connectivity index (χ2v) is 5.30. The van der Waals surface area contributed by atoms with E-state index in [1.807, 2.05) is 0 Å². The van der Waals surface area contributed by atoms with Gasteiger partial charge in [-0.25, -0.2) is 0 Å². The minimum absolute atomic E-state index is 1.18. The lowest BCUT2D eigenvalue weighted by Gasteiger charge is -2.05. The maximum absolute atomic E-state index is 2.50. The molecule has 0 amide bonds. The molecule has 0 aromatic heterocycles. The summed E-state index contributed by atoms with van der Waals surface area (Å²) in [6.07, 6.45) is 16.8. The van der Waals surface area contributed by atoms with Gasteiger partial charge in [0.15, 0.2) is 0 Å². The number of unbranched alkanes of at least 4 members (excludes halogenated alkanes) is 5. The second-order valence-electron chi connectivity index (χ2n) is 5.30. The highest BCUT2D eigenvalue weighted by molar-refractivity contribution is 5.10. The largest absolute Gasteiger partial charge is 0.0850 e. The SMILES string of the molecule is CCCCC/C=C(/CC=C(C)C)CCCCC. The van der Waals surface area contributed by atoms with Gasteiger partial charge in [0.1, 0.15) is 0 Å². The van der Waals surface area contributed by atoms with Gasteiger partial charge in [-0.1, -0.05) is 62.8 Å². The van der Waals surface area contributed by atoms with Crippen LogP contribution in [0.15, 0.2) is 23.3 Å². The molecule has 0 N–H and O–H groups in total. The number of rotatable bonds is 10. The summed E-state index contributed by atoms with van der Waals surface area (Å²) in [6, 6.07) is 0. The Labute approximate surface area is 109 Å². The van der Waals surface area contributed by atoms with Crippen LogP contribution < -0.4 is 0 Å². The van der Waals surface area contributed by atoms with Crippen LogP contribution in [-0.2, 0) is 0 Å². The molecule has 0 radical (unpaired) electrons. The molecule has 100 valence electrons. The van der Waals surface area contributed by atoms with Gasteiger partial charge in [-0.05, 0) is 46.0 Å². The molecule has 17 heavy (non-hydrogen) atoms. The van der Waals surface area contributed by atoms with E-state index in [9.17, 15) is 0 Å². The predicted octanol–water partition coefficient (Wildman–Crippen LogP) is 6.43. The Morgan fingerprint density at radius 2 is 1.47 bits per heavy atom. The molecule has 0 unspecified atom stereocenters. The molecular formula is C17H32. The molecule has 0 saturated heterocycles. The number of hydrogen-bond donors (Lipinski definition) is 0. The molecule has 0 aromatic rings. The van der Waals surface area contributed by atoms with E-state index in [-0.39, 0.29) is 0 Å². The van der Waals surface area contributed by atoms with Crippen LogP contribution in [0.1, 0.15) is 85.5 Å². The van der Waals surface area contributed by atoms with E-state index in [4.69, 9.17) is 0 Å². The molecule has 0 heterocycles. The Kier molecular flexibility index (Phi) is 11.6. The molecular weight excluding hydrogens is 204 g/mol. The highest BCUT2D eigenvalue weighted by atomic mass is 14.0. The molecule has 0 fully saturated rings. The minimum atomic E-state index is 1.18. The molecule has 0 saturated carbocycles. The van der Waals surface area contributed by atoms with Crippen LogP contribution in [0, 0.1) is 0 Å². The monoisotopic (exact) mass is 236 g/mol. The zero-order valence-electron chi connectivity index (χ0n) is 12.5. The Morgan fingerprint density at radius 3 is 2.06 bits per heavy atom. The first kappa shape index (κ1) is 16.5. The van der Waals surface area contributed by atoms with Gasteiger partial charge >= 0.3 is 0 Å². The van der Waals surface area contributed by atoms with Crippen LogP contribution in [0.2, 0.25) is 0 Å². The van der Waals surface area contributed by atoms with Crippen LogP contribution in [0.25, 0.3) is 0 Å². The van der Waals surface area contributed by atoms with Crippen molar-refractivity contribution >= 4 is 0 Å². The molecule has 0 rings (SSSR count).